The van der Waals surface area contributed by atoms with Crippen molar-refractivity contribution in [3.63, 3.8) is 0 Å². The Kier molecular flexibility index (Phi) is 3.45. The summed E-state index contributed by atoms with van der Waals surface area (Å²) in [6, 6.07) is 22.0. The molecule has 0 saturated heterocycles. The van der Waals surface area contributed by atoms with Crippen LogP contribution < -0.4 is 0 Å². The molecule has 0 amide bonds. The first-order valence-electron chi connectivity index (χ1n) is 9.37. The number of hydrogen-bond donors (Lipinski definition) is 0. The monoisotopic (exact) mass is 347 g/mol. The fraction of sp³-hybridized carbons (Fsp3) is 0.0769. The Bertz CT molecular complexity index is 1290. The third-order valence-corrected chi connectivity index (χ3v) is 5.54. The molecule has 1 heteroatoms. The molecule has 1 aromatic heterocycles. The van der Waals surface area contributed by atoms with Crippen LogP contribution in [0.15, 0.2) is 85.0 Å². The number of aromatic nitrogens is 1. The molecule has 1 nitrogen and oxygen atoms in total. The lowest BCUT2D eigenvalue weighted by Gasteiger charge is -2.15. The van der Waals surface area contributed by atoms with Gasteiger partial charge >= 0.3 is 0 Å². The van der Waals surface area contributed by atoms with Crippen molar-refractivity contribution in [1.29, 1.82) is 0 Å². The van der Waals surface area contributed by atoms with E-state index in [0.29, 0.717) is 0 Å². The summed E-state index contributed by atoms with van der Waals surface area (Å²) < 4.78 is 2.41. The number of fused-ring (bicyclic) bond motifs is 4. The summed E-state index contributed by atoms with van der Waals surface area (Å²) in [5.74, 6) is 0. The lowest BCUT2D eigenvalue weighted by atomic mass is 10.00. The van der Waals surface area contributed by atoms with E-state index in [1.165, 1.54) is 55.3 Å². The molecule has 0 saturated carbocycles. The first kappa shape index (κ1) is 15.9. The maximum Gasteiger partial charge on any atom is 0.0546 e. The molecule has 0 aliphatic heterocycles. The maximum absolute atomic E-state index is 4.01. The van der Waals surface area contributed by atoms with Crippen molar-refractivity contribution in [2.24, 2.45) is 0 Å². The molecule has 0 unspecified atom stereocenters. The number of hydrogen-bond acceptors (Lipinski definition) is 0. The van der Waals surface area contributed by atoms with Gasteiger partial charge in [0.1, 0.15) is 0 Å². The van der Waals surface area contributed by atoms with E-state index in [2.05, 4.69) is 97.8 Å². The highest BCUT2D eigenvalue weighted by molar-refractivity contribution is 6.10. The second kappa shape index (κ2) is 5.85. The van der Waals surface area contributed by atoms with Crippen molar-refractivity contribution in [3.05, 3.63) is 102 Å². The summed E-state index contributed by atoms with van der Waals surface area (Å²) in [5, 5.41) is 2.60. The minimum atomic E-state index is 1.19. The predicted molar refractivity (Wildman–Crippen MR) is 117 cm³/mol. The smallest absolute Gasteiger partial charge is 0.0546 e. The van der Waals surface area contributed by atoms with Crippen molar-refractivity contribution in [3.8, 4) is 5.69 Å². The second-order valence-corrected chi connectivity index (χ2v) is 7.12. The van der Waals surface area contributed by atoms with Crippen molar-refractivity contribution >= 4 is 33.5 Å². The number of benzene rings is 3. The van der Waals surface area contributed by atoms with Gasteiger partial charge in [0.25, 0.3) is 0 Å². The first-order chi connectivity index (χ1) is 13.2. The minimum absolute atomic E-state index is 1.19. The Hall–Kier alpha value is -3.32. The Morgan fingerprint density at radius 1 is 0.889 bits per heavy atom. The largest absolute Gasteiger partial charge is 0.309 e. The zero-order valence-electron chi connectivity index (χ0n) is 15.7. The van der Waals surface area contributed by atoms with Crippen LogP contribution in [0.1, 0.15) is 23.6 Å². The van der Waals surface area contributed by atoms with Gasteiger partial charge in [0.05, 0.1) is 16.7 Å². The quantitative estimate of drug-likeness (QED) is 0.365. The normalized spacial score (nSPS) is 14.7. The van der Waals surface area contributed by atoms with E-state index in [-0.39, 0.29) is 0 Å². The van der Waals surface area contributed by atoms with Gasteiger partial charge in [-0.05, 0) is 60.9 Å². The second-order valence-electron chi connectivity index (χ2n) is 7.12. The van der Waals surface area contributed by atoms with Crippen molar-refractivity contribution in [1.82, 2.24) is 4.57 Å². The van der Waals surface area contributed by atoms with Gasteiger partial charge in [-0.15, -0.1) is 0 Å². The van der Waals surface area contributed by atoms with Crippen LogP contribution in [0.5, 0.6) is 0 Å². The highest BCUT2D eigenvalue weighted by Crippen LogP contribution is 2.42. The van der Waals surface area contributed by atoms with Crippen LogP contribution in [-0.2, 0) is 0 Å². The molecule has 0 spiro atoms. The number of rotatable bonds is 2. The van der Waals surface area contributed by atoms with E-state index in [1.54, 1.807) is 0 Å². The number of para-hydroxylation sites is 1. The summed E-state index contributed by atoms with van der Waals surface area (Å²) in [6.45, 7) is 8.27. The molecule has 0 fully saturated rings. The number of allylic oxidation sites excluding steroid dienone is 4. The number of nitrogens with zero attached hydrogens (tertiary/aromatic N) is 1. The Balaban J connectivity index is 1.93. The van der Waals surface area contributed by atoms with E-state index >= 15 is 0 Å². The Labute approximate surface area is 159 Å². The molecule has 1 aliphatic rings. The minimum Gasteiger partial charge on any atom is -0.309 e. The van der Waals surface area contributed by atoms with Crippen molar-refractivity contribution in [2.45, 2.75) is 13.8 Å². The summed E-state index contributed by atoms with van der Waals surface area (Å²) >= 11 is 0. The van der Waals surface area contributed by atoms with E-state index < -0.39 is 0 Å². The van der Waals surface area contributed by atoms with Gasteiger partial charge in [0.2, 0.25) is 0 Å². The third kappa shape index (κ3) is 2.18. The van der Waals surface area contributed by atoms with Crippen molar-refractivity contribution in [2.75, 3.05) is 0 Å². The van der Waals surface area contributed by atoms with Gasteiger partial charge in [-0.3, -0.25) is 0 Å². The summed E-state index contributed by atoms with van der Waals surface area (Å²) in [6.07, 6.45) is 6.38. The van der Waals surface area contributed by atoms with Gasteiger partial charge in [0, 0.05) is 16.3 Å². The van der Waals surface area contributed by atoms with E-state index in [9.17, 15) is 0 Å². The fourth-order valence-electron chi connectivity index (χ4n) is 4.37. The molecule has 1 aliphatic carbocycles. The van der Waals surface area contributed by atoms with Gasteiger partial charge < -0.3 is 4.57 Å². The molecule has 0 radical (unpaired) electrons. The van der Waals surface area contributed by atoms with Crippen LogP contribution in [0.3, 0.4) is 0 Å². The molecular formula is C26H21N. The molecule has 130 valence electrons. The summed E-state index contributed by atoms with van der Waals surface area (Å²) in [4.78, 5) is 0. The van der Waals surface area contributed by atoms with Crippen LogP contribution in [0.2, 0.25) is 0 Å². The zero-order chi connectivity index (χ0) is 18.5. The SMILES string of the molecule is C=CC1=Cc2cccc(-n3c4ccccc4c4cc(C)ccc43)c2/C1=C\C. The standard InChI is InChI=1S/C26H21N/c1-4-18-16-19-9-8-12-25(26(19)20(18)5-2)27-23-11-7-6-10-21(23)22-15-17(3)13-14-24(22)27/h4-16H,1H2,2-3H3/b20-5-. The average molecular weight is 347 g/mol. The molecule has 5 rings (SSSR count). The fourth-order valence-corrected chi connectivity index (χ4v) is 4.37. The lowest BCUT2D eigenvalue weighted by molar-refractivity contribution is 1.17. The molecule has 3 aromatic carbocycles. The Morgan fingerprint density at radius 2 is 1.70 bits per heavy atom. The highest BCUT2D eigenvalue weighted by atomic mass is 15.0. The summed E-state index contributed by atoms with van der Waals surface area (Å²) in [7, 11) is 0. The van der Waals surface area contributed by atoms with Gasteiger partial charge in [-0.1, -0.05) is 60.7 Å². The molecule has 1 heterocycles. The van der Waals surface area contributed by atoms with Crippen LogP contribution in [-0.4, -0.2) is 4.57 Å². The Morgan fingerprint density at radius 3 is 2.52 bits per heavy atom. The van der Waals surface area contributed by atoms with Crippen LogP contribution >= 0.6 is 0 Å². The third-order valence-electron chi connectivity index (χ3n) is 5.54. The van der Waals surface area contributed by atoms with Crippen LogP contribution in [0.25, 0.3) is 39.1 Å². The van der Waals surface area contributed by atoms with Gasteiger partial charge in [-0.25, -0.2) is 0 Å². The maximum atomic E-state index is 4.01. The highest BCUT2D eigenvalue weighted by Gasteiger charge is 2.22. The van der Waals surface area contributed by atoms with Crippen LogP contribution in [0, 0.1) is 6.92 Å². The van der Waals surface area contributed by atoms with Crippen LogP contribution in [0.4, 0.5) is 0 Å². The lowest BCUT2D eigenvalue weighted by Crippen LogP contribution is -1.99. The molecule has 0 N–H and O–H groups in total. The molecule has 27 heavy (non-hydrogen) atoms. The van der Waals surface area contributed by atoms with Gasteiger partial charge in [-0.2, -0.15) is 0 Å². The van der Waals surface area contributed by atoms with E-state index in [1.807, 2.05) is 6.08 Å². The average Bonchev–Trinajstić information content (AvgIpc) is 3.23. The van der Waals surface area contributed by atoms with Crippen molar-refractivity contribution < 1.29 is 0 Å². The molecule has 0 atom stereocenters. The molecule has 4 aromatic rings. The van der Waals surface area contributed by atoms with E-state index in [0.717, 1.165) is 0 Å². The molecule has 0 bridgehead atoms. The van der Waals surface area contributed by atoms with E-state index in [4.69, 9.17) is 0 Å². The zero-order valence-corrected chi connectivity index (χ0v) is 15.7. The number of aryl methyl sites for hydroxylation is 1. The topological polar surface area (TPSA) is 4.93 Å². The predicted octanol–water partition coefficient (Wildman–Crippen LogP) is 7.08. The molecular weight excluding hydrogens is 326 g/mol. The first-order valence-corrected chi connectivity index (χ1v) is 9.37. The summed E-state index contributed by atoms with van der Waals surface area (Å²) in [5.41, 5.74) is 10.0. The van der Waals surface area contributed by atoms with Gasteiger partial charge in [0.15, 0.2) is 0 Å².